The number of nitrogens with one attached hydrogen (secondary N) is 2. The molecule has 0 bridgehead atoms. The Balaban J connectivity index is 0.000000236. The lowest BCUT2D eigenvalue weighted by Gasteiger charge is -2.24. The number of sulfonamides is 1. The van der Waals surface area contributed by atoms with Gasteiger partial charge in [0.25, 0.3) is 0 Å². The molecule has 5 nitrogen and oxygen atoms in total. The quantitative estimate of drug-likeness (QED) is 0.510. The summed E-state index contributed by atoms with van der Waals surface area (Å²) in [5, 5.41) is 6.08. The molecule has 0 radical (unpaired) electrons. The fraction of sp³-hybridized carbons (Fsp3) is 1.00. The molecule has 13 heavy (non-hydrogen) atoms. The minimum absolute atomic E-state index is 0.610. The molecule has 0 aromatic heterocycles. The zero-order valence-electron chi connectivity index (χ0n) is 7.91. The van der Waals surface area contributed by atoms with Crippen LogP contribution in [0.15, 0.2) is 0 Å². The minimum atomic E-state index is -2.93. The summed E-state index contributed by atoms with van der Waals surface area (Å²) < 4.78 is 23.3. The average Bonchev–Trinajstić information content (AvgIpc) is 2.90. The van der Waals surface area contributed by atoms with Gasteiger partial charge in [-0.15, -0.1) is 0 Å². The van der Waals surface area contributed by atoms with Crippen LogP contribution >= 0.6 is 0 Å². The molecule has 2 heterocycles. The molecule has 2 aliphatic rings. The zero-order chi connectivity index (χ0) is 9.73. The fourth-order valence-corrected chi connectivity index (χ4v) is 1.82. The second kappa shape index (κ2) is 4.90. The van der Waals surface area contributed by atoms with Crippen molar-refractivity contribution in [2.45, 2.75) is 0 Å². The Labute approximate surface area is 79.5 Å². The second-order valence-electron chi connectivity index (χ2n) is 3.16. The Kier molecular flexibility index (Phi) is 4.11. The van der Waals surface area contributed by atoms with Gasteiger partial charge in [-0.2, -0.15) is 4.31 Å². The van der Waals surface area contributed by atoms with E-state index in [1.165, 1.54) is 23.7 Å². The number of rotatable bonds is 1. The van der Waals surface area contributed by atoms with Crippen molar-refractivity contribution < 1.29 is 8.42 Å². The van der Waals surface area contributed by atoms with Crippen LogP contribution in [0, 0.1) is 0 Å². The van der Waals surface area contributed by atoms with Crippen molar-refractivity contribution >= 4 is 10.0 Å². The third-order valence-electron chi connectivity index (χ3n) is 1.79. The molecule has 0 atom stereocenters. The zero-order valence-corrected chi connectivity index (χ0v) is 8.73. The topological polar surface area (TPSA) is 71.4 Å². The van der Waals surface area contributed by atoms with E-state index < -0.39 is 10.0 Å². The lowest BCUT2D eigenvalue weighted by molar-refractivity contribution is 0.363. The molecule has 2 rings (SSSR count). The van der Waals surface area contributed by atoms with E-state index in [-0.39, 0.29) is 0 Å². The van der Waals surface area contributed by atoms with Crippen LogP contribution in [0.5, 0.6) is 0 Å². The van der Waals surface area contributed by atoms with Crippen molar-refractivity contribution in [1.82, 2.24) is 14.9 Å². The van der Waals surface area contributed by atoms with Crippen molar-refractivity contribution in [3.05, 3.63) is 0 Å². The van der Waals surface area contributed by atoms with Gasteiger partial charge in [0, 0.05) is 39.3 Å². The van der Waals surface area contributed by atoms with Crippen LogP contribution < -0.4 is 10.6 Å². The lowest BCUT2D eigenvalue weighted by atomic mass is 10.4. The summed E-state index contributed by atoms with van der Waals surface area (Å²) in [7, 11) is -2.93. The molecule has 0 aromatic rings. The largest absolute Gasteiger partial charge is 0.314 e. The van der Waals surface area contributed by atoms with Gasteiger partial charge in [0.1, 0.15) is 0 Å². The second-order valence-corrected chi connectivity index (χ2v) is 5.14. The van der Waals surface area contributed by atoms with Crippen molar-refractivity contribution in [2.24, 2.45) is 0 Å². The first-order valence-corrected chi connectivity index (χ1v) is 6.32. The molecule has 0 saturated carbocycles. The summed E-state index contributed by atoms with van der Waals surface area (Å²) in [4.78, 5) is 0. The Morgan fingerprint density at radius 1 is 1.00 bits per heavy atom. The highest BCUT2D eigenvalue weighted by Crippen LogP contribution is 1.97. The molecule has 78 valence electrons. The maximum absolute atomic E-state index is 10.9. The van der Waals surface area contributed by atoms with E-state index in [0.29, 0.717) is 13.1 Å². The van der Waals surface area contributed by atoms with Crippen molar-refractivity contribution in [3.8, 4) is 0 Å². The van der Waals surface area contributed by atoms with Gasteiger partial charge in [0.15, 0.2) is 0 Å². The van der Waals surface area contributed by atoms with E-state index >= 15 is 0 Å². The van der Waals surface area contributed by atoms with E-state index in [1.54, 1.807) is 0 Å². The summed E-state index contributed by atoms with van der Waals surface area (Å²) in [5.74, 6) is 0. The minimum Gasteiger partial charge on any atom is -0.314 e. The molecule has 2 aliphatic heterocycles. The van der Waals surface area contributed by atoms with Crippen LogP contribution in [0.4, 0.5) is 0 Å². The van der Waals surface area contributed by atoms with Crippen molar-refractivity contribution in [2.75, 3.05) is 45.5 Å². The molecule has 0 aromatic carbocycles. The third kappa shape index (κ3) is 5.20. The molecular formula is C7H17N3O2S. The van der Waals surface area contributed by atoms with Crippen LogP contribution in [-0.4, -0.2) is 58.2 Å². The Morgan fingerprint density at radius 3 is 1.62 bits per heavy atom. The maximum atomic E-state index is 10.9. The van der Waals surface area contributed by atoms with Crippen LogP contribution in [0.1, 0.15) is 0 Å². The monoisotopic (exact) mass is 207 g/mol. The van der Waals surface area contributed by atoms with Gasteiger partial charge in [-0.25, -0.2) is 8.42 Å². The highest BCUT2D eigenvalue weighted by molar-refractivity contribution is 7.88. The van der Waals surface area contributed by atoms with E-state index in [9.17, 15) is 8.42 Å². The third-order valence-corrected chi connectivity index (χ3v) is 3.10. The molecule has 0 amide bonds. The van der Waals surface area contributed by atoms with Crippen LogP contribution in [0.3, 0.4) is 0 Å². The van der Waals surface area contributed by atoms with Crippen molar-refractivity contribution in [1.29, 1.82) is 0 Å². The van der Waals surface area contributed by atoms with Crippen LogP contribution in [0.25, 0.3) is 0 Å². The number of hydrogen-bond donors (Lipinski definition) is 2. The van der Waals surface area contributed by atoms with Gasteiger partial charge in [0.05, 0.1) is 6.26 Å². The first-order chi connectivity index (χ1) is 6.11. The normalized spacial score (nSPS) is 23.2. The van der Waals surface area contributed by atoms with Crippen LogP contribution in [0.2, 0.25) is 0 Å². The molecule has 0 aliphatic carbocycles. The Hall–Kier alpha value is -0.170. The maximum Gasteiger partial charge on any atom is 0.211 e. The van der Waals surface area contributed by atoms with Gasteiger partial charge in [-0.3, -0.25) is 0 Å². The van der Waals surface area contributed by atoms with Gasteiger partial charge in [0.2, 0.25) is 10.0 Å². The molecule has 0 spiro atoms. The first-order valence-electron chi connectivity index (χ1n) is 4.47. The fourth-order valence-electron chi connectivity index (χ4n) is 0.976. The summed E-state index contributed by atoms with van der Waals surface area (Å²) in [6, 6.07) is 0. The molecular weight excluding hydrogens is 190 g/mol. The summed E-state index contributed by atoms with van der Waals surface area (Å²) in [6.07, 6.45) is 1.25. The predicted molar refractivity (Wildman–Crippen MR) is 52.2 cm³/mol. The number of hydrogen-bond acceptors (Lipinski definition) is 4. The smallest absolute Gasteiger partial charge is 0.211 e. The van der Waals surface area contributed by atoms with Gasteiger partial charge < -0.3 is 10.6 Å². The highest BCUT2D eigenvalue weighted by atomic mass is 32.2. The summed E-state index contributed by atoms with van der Waals surface area (Å²) >= 11 is 0. The molecule has 2 saturated heterocycles. The number of piperazine rings is 1. The van der Waals surface area contributed by atoms with Crippen molar-refractivity contribution in [3.63, 3.8) is 0 Å². The van der Waals surface area contributed by atoms with Gasteiger partial charge in [-0.05, 0) is 0 Å². The highest BCUT2D eigenvalue weighted by Gasteiger charge is 2.17. The Bertz CT molecular complexity index is 229. The van der Waals surface area contributed by atoms with E-state index in [2.05, 4.69) is 10.6 Å². The van der Waals surface area contributed by atoms with E-state index in [0.717, 1.165) is 13.1 Å². The SMILES string of the molecule is C1CN1.CS(=O)(=O)N1CCNCC1. The lowest BCUT2D eigenvalue weighted by Crippen LogP contribution is -2.45. The number of nitrogens with zero attached hydrogens (tertiary/aromatic N) is 1. The Morgan fingerprint density at radius 2 is 1.38 bits per heavy atom. The molecule has 6 heteroatoms. The first kappa shape index (κ1) is 10.9. The van der Waals surface area contributed by atoms with E-state index in [4.69, 9.17) is 0 Å². The summed E-state index contributed by atoms with van der Waals surface area (Å²) in [6.45, 7) is 5.26. The predicted octanol–water partition coefficient (Wildman–Crippen LogP) is -1.56. The molecule has 0 unspecified atom stereocenters. The van der Waals surface area contributed by atoms with Crippen LogP contribution in [-0.2, 0) is 10.0 Å². The van der Waals surface area contributed by atoms with Gasteiger partial charge >= 0.3 is 0 Å². The van der Waals surface area contributed by atoms with E-state index in [1.807, 2.05) is 0 Å². The summed E-state index contributed by atoms with van der Waals surface area (Å²) in [5.41, 5.74) is 0. The van der Waals surface area contributed by atoms with Gasteiger partial charge in [-0.1, -0.05) is 0 Å². The standard InChI is InChI=1S/C5H12N2O2S.C2H5N/c1-10(8,9)7-4-2-6-3-5-7;1-2-3-1/h6H,2-5H2,1H3;3H,1-2H2. The molecule has 2 N–H and O–H groups in total. The molecule has 2 fully saturated rings. The average molecular weight is 207 g/mol.